The largest absolute Gasteiger partial charge is 0.330 e. The number of nitrogens with zero attached hydrogens (tertiary/aromatic N) is 2. The topological polar surface area (TPSA) is 29.9 Å². The van der Waals surface area contributed by atoms with Gasteiger partial charge < -0.3 is 9.88 Å². The number of rotatable bonds is 5. The lowest BCUT2D eigenvalue weighted by Crippen LogP contribution is -2.34. The number of thioether (sulfide) groups is 1. The molecule has 4 heteroatoms. The van der Waals surface area contributed by atoms with Gasteiger partial charge in [-0.25, -0.2) is 4.98 Å². The second-order valence-corrected chi connectivity index (χ2v) is 7.10. The summed E-state index contributed by atoms with van der Waals surface area (Å²) >= 11 is 1.88. The van der Waals surface area contributed by atoms with Crippen LogP contribution in [-0.4, -0.2) is 27.1 Å². The van der Waals surface area contributed by atoms with E-state index in [9.17, 15) is 0 Å². The number of nitrogens with one attached hydrogen (secondary N) is 1. The van der Waals surface area contributed by atoms with Gasteiger partial charge in [0.25, 0.3) is 0 Å². The second kappa shape index (κ2) is 5.55. The molecule has 1 unspecified atom stereocenters. The molecule has 104 valence electrons. The second-order valence-electron chi connectivity index (χ2n) is 5.58. The van der Waals surface area contributed by atoms with Crippen molar-refractivity contribution < 1.29 is 0 Å². The monoisotopic (exact) mass is 277 g/mol. The average molecular weight is 277 g/mol. The molecule has 0 saturated carbocycles. The van der Waals surface area contributed by atoms with E-state index in [2.05, 4.69) is 62.2 Å². The predicted octanol–water partition coefficient (Wildman–Crippen LogP) is 3.37. The molecule has 0 spiro atoms. The van der Waals surface area contributed by atoms with E-state index < -0.39 is 0 Å². The summed E-state index contributed by atoms with van der Waals surface area (Å²) < 4.78 is 2.43. The zero-order chi connectivity index (χ0) is 14.0. The fraction of sp³-hybridized carbons (Fsp3) is 0.533. The number of hydrogen-bond acceptors (Lipinski definition) is 3. The summed E-state index contributed by atoms with van der Waals surface area (Å²) in [6.45, 7) is 7.66. The Morgan fingerprint density at radius 3 is 2.68 bits per heavy atom. The third-order valence-corrected chi connectivity index (χ3v) is 4.85. The average Bonchev–Trinajstić information content (AvgIpc) is 2.74. The molecular weight excluding hydrogens is 254 g/mol. The standard InChI is InChI=1S/C15H23N3S/c1-11(16-10-15(2,3)19-5)14-17-12-8-6-7-9-13(12)18(14)4/h6-9,11,16H,10H2,1-5H3. The number of imidazole rings is 1. The highest BCUT2D eigenvalue weighted by Gasteiger charge is 2.19. The predicted molar refractivity (Wildman–Crippen MR) is 84.7 cm³/mol. The van der Waals surface area contributed by atoms with Gasteiger partial charge in [0.05, 0.1) is 17.1 Å². The van der Waals surface area contributed by atoms with Crippen LogP contribution in [0, 0.1) is 0 Å². The molecule has 1 N–H and O–H groups in total. The van der Waals surface area contributed by atoms with Crippen LogP contribution in [0.25, 0.3) is 11.0 Å². The number of aryl methyl sites for hydroxylation is 1. The maximum atomic E-state index is 4.73. The molecule has 0 amide bonds. The van der Waals surface area contributed by atoms with Gasteiger partial charge in [-0.3, -0.25) is 0 Å². The Morgan fingerprint density at radius 2 is 2.05 bits per heavy atom. The number of para-hydroxylation sites is 2. The molecule has 3 nitrogen and oxygen atoms in total. The van der Waals surface area contributed by atoms with Gasteiger partial charge in [0, 0.05) is 18.3 Å². The SMILES string of the molecule is CSC(C)(C)CNC(C)c1nc2ccccc2n1C. The van der Waals surface area contributed by atoms with Crippen molar-refractivity contribution in [1.29, 1.82) is 0 Å². The number of fused-ring (bicyclic) bond motifs is 1. The summed E-state index contributed by atoms with van der Waals surface area (Å²) in [5, 5.41) is 3.59. The van der Waals surface area contributed by atoms with Crippen molar-refractivity contribution in [3.8, 4) is 0 Å². The molecule has 1 heterocycles. The maximum Gasteiger partial charge on any atom is 0.126 e. The maximum absolute atomic E-state index is 4.73. The highest BCUT2D eigenvalue weighted by molar-refractivity contribution is 7.99. The van der Waals surface area contributed by atoms with Crippen molar-refractivity contribution in [3.63, 3.8) is 0 Å². The van der Waals surface area contributed by atoms with Crippen LogP contribution in [0.4, 0.5) is 0 Å². The minimum atomic E-state index is 0.249. The van der Waals surface area contributed by atoms with Crippen LogP contribution in [0.3, 0.4) is 0 Å². The first-order chi connectivity index (χ1) is 8.94. The molecule has 1 aromatic heterocycles. The van der Waals surface area contributed by atoms with Crippen LogP contribution in [0.15, 0.2) is 24.3 Å². The quantitative estimate of drug-likeness (QED) is 0.909. The van der Waals surface area contributed by atoms with Crippen LogP contribution >= 0.6 is 11.8 Å². The molecule has 2 aromatic rings. The molecular formula is C15H23N3S. The lowest BCUT2D eigenvalue weighted by molar-refractivity contribution is 0.496. The minimum absolute atomic E-state index is 0.249. The third-order valence-electron chi connectivity index (χ3n) is 3.60. The number of aromatic nitrogens is 2. The fourth-order valence-electron chi connectivity index (χ4n) is 2.11. The van der Waals surface area contributed by atoms with Crippen molar-refractivity contribution in [2.75, 3.05) is 12.8 Å². The van der Waals surface area contributed by atoms with Gasteiger partial charge in [-0.2, -0.15) is 11.8 Å². The van der Waals surface area contributed by atoms with E-state index >= 15 is 0 Å². The van der Waals surface area contributed by atoms with E-state index in [4.69, 9.17) is 4.98 Å². The molecule has 0 fully saturated rings. The zero-order valence-electron chi connectivity index (χ0n) is 12.4. The van der Waals surface area contributed by atoms with Crippen molar-refractivity contribution in [1.82, 2.24) is 14.9 Å². The lowest BCUT2D eigenvalue weighted by Gasteiger charge is -2.25. The summed E-state index contributed by atoms with van der Waals surface area (Å²) in [4.78, 5) is 4.73. The summed E-state index contributed by atoms with van der Waals surface area (Å²) in [7, 11) is 2.09. The Morgan fingerprint density at radius 1 is 1.37 bits per heavy atom. The van der Waals surface area contributed by atoms with Gasteiger partial charge in [-0.05, 0) is 39.2 Å². The molecule has 19 heavy (non-hydrogen) atoms. The highest BCUT2D eigenvalue weighted by Crippen LogP contribution is 2.23. The smallest absolute Gasteiger partial charge is 0.126 e. The summed E-state index contributed by atoms with van der Waals surface area (Å²) in [6.07, 6.45) is 2.15. The van der Waals surface area contributed by atoms with Gasteiger partial charge in [0.15, 0.2) is 0 Å². The number of benzene rings is 1. The van der Waals surface area contributed by atoms with Crippen molar-refractivity contribution in [2.45, 2.75) is 31.6 Å². The molecule has 0 bridgehead atoms. The summed E-state index contributed by atoms with van der Waals surface area (Å²) in [5.41, 5.74) is 2.26. The molecule has 0 aliphatic rings. The van der Waals surface area contributed by atoms with Crippen molar-refractivity contribution in [3.05, 3.63) is 30.1 Å². The van der Waals surface area contributed by atoms with E-state index in [1.165, 1.54) is 5.52 Å². The van der Waals surface area contributed by atoms with E-state index in [0.717, 1.165) is 17.9 Å². The molecule has 0 saturated heterocycles. The summed E-state index contributed by atoms with van der Waals surface area (Å²) in [5.74, 6) is 1.10. The van der Waals surface area contributed by atoms with Crippen molar-refractivity contribution in [2.24, 2.45) is 7.05 Å². The van der Waals surface area contributed by atoms with Crippen LogP contribution < -0.4 is 5.32 Å². The van der Waals surface area contributed by atoms with Gasteiger partial charge in [0.1, 0.15) is 5.82 Å². The van der Waals surface area contributed by atoms with Crippen LogP contribution in [-0.2, 0) is 7.05 Å². The molecule has 1 atom stereocenters. The Labute approximate surface area is 119 Å². The molecule has 2 rings (SSSR count). The highest BCUT2D eigenvalue weighted by atomic mass is 32.2. The first kappa shape index (κ1) is 14.4. The molecule has 0 aliphatic carbocycles. The Bertz CT molecular complexity index is 560. The molecule has 0 radical (unpaired) electrons. The van der Waals surface area contributed by atoms with Gasteiger partial charge in [0.2, 0.25) is 0 Å². The molecule has 0 aliphatic heterocycles. The molecule has 1 aromatic carbocycles. The first-order valence-electron chi connectivity index (χ1n) is 6.64. The lowest BCUT2D eigenvalue weighted by atomic mass is 10.2. The fourth-order valence-corrected chi connectivity index (χ4v) is 2.34. The van der Waals surface area contributed by atoms with E-state index in [-0.39, 0.29) is 10.8 Å². The van der Waals surface area contributed by atoms with Crippen LogP contribution in [0.1, 0.15) is 32.6 Å². The van der Waals surface area contributed by atoms with E-state index in [1.54, 1.807) is 0 Å². The summed E-state index contributed by atoms with van der Waals surface area (Å²) in [6, 6.07) is 8.53. The Hall–Kier alpha value is -1.00. The Balaban J connectivity index is 2.17. The Kier molecular flexibility index (Phi) is 4.21. The normalized spacial score (nSPS) is 13.9. The van der Waals surface area contributed by atoms with Gasteiger partial charge in [-0.15, -0.1) is 0 Å². The van der Waals surface area contributed by atoms with Crippen LogP contribution in [0.2, 0.25) is 0 Å². The first-order valence-corrected chi connectivity index (χ1v) is 7.87. The van der Waals surface area contributed by atoms with Crippen molar-refractivity contribution >= 4 is 22.8 Å². The number of hydrogen-bond donors (Lipinski definition) is 1. The zero-order valence-corrected chi connectivity index (χ0v) is 13.2. The van der Waals surface area contributed by atoms with Gasteiger partial charge in [-0.1, -0.05) is 12.1 Å². The van der Waals surface area contributed by atoms with E-state index in [0.29, 0.717) is 0 Å². The third kappa shape index (κ3) is 3.12. The minimum Gasteiger partial charge on any atom is -0.330 e. The van der Waals surface area contributed by atoms with E-state index in [1.807, 2.05) is 17.8 Å². The van der Waals surface area contributed by atoms with Gasteiger partial charge >= 0.3 is 0 Å². The van der Waals surface area contributed by atoms with Crippen LogP contribution in [0.5, 0.6) is 0 Å².